The molecule has 90 valence electrons. The Morgan fingerprint density at radius 2 is 2.17 bits per heavy atom. The number of carbonyl (C=O) groups is 1. The molecule has 2 N–H and O–H groups in total. The van der Waals surface area contributed by atoms with Crippen LogP contribution in [-0.2, 0) is 0 Å². The molecule has 0 aliphatic heterocycles. The van der Waals surface area contributed by atoms with Gasteiger partial charge in [-0.05, 0) is 25.1 Å². The number of carbonyl (C=O) groups excluding carboxylic acids is 1. The summed E-state index contributed by atoms with van der Waals surface area (Å²) in [5, 5.41) is 0. The molecule has 0 bridgehead atoms. The van der Waals surface area contributed by atoms with Crippen molar-refractivity contribution in [1.29, 1.82) is 0 Å². The lowest BCUT2D eigenvalue weighted by Crippen LogP contribution is -2.12. The van der Waals surface area contributed by atoms with Gasteiger partial charge in [-0.15, -0.1) is 0 Å². The number of fused-ring (bicyclic) bond motifs is 1. The number of nitrogens with two attached hydrogens (primary N) is 1. The zero-order chi connectivity index (χ0) is 13.1. The van der Waals surface area contributed by atoms with Crippen LogP contribution in [-0.4, -0.2) is 15.9 Å². The van der Waals surface area contributed by atoms with E-state index < -0.39 is 5.91 Å². The van der Waals surface area contributed by atoms with Crippen LogP contribution < -0.4 is 5.73 Å². The Hall–Kier alpha value is -2.49. The summed E-state index contributed by atoms with van der Waals surface area (Å²) >= 11 is 0. The molecule has 4 heteroatoms. The maximum absolute atomic E-state index is 11.3. The lowest BCUT2D eigenvalue weighted by atomic mass is 10.1. The van der Waals surface area contributed by atoms with Gasteiger partial charge in [0.25, 0.3) is 5.91 Å². The third kappa shape index (κ3) is 2.13. The summed E-state index contributed by atoms with van der Waals surface area (Å²) in [6.07, 6.45) is 5.23. The van der Waals surface area contributed by atoms with Gasteiger partial charge in [-0.25, -0.2) is 9.97 Å². The van der Waals surface area contributed by atoms with Crippen molar-refractivity contribution in [3.63, 3.8) is 0 Å². The van der Waals surface area contributed by atoms with Gasteiger partial charge in [-0.3, -0.25) is 4.79 Å². The van der Waals surface area contributed by atoms with Gasteiger partial charge >= 0.3 is 0 Å². The molecule has 2 aromatic rings. The molecular formula is C14H13N3O. The number of benzene rings is 1. The number of rotatable bonds is 3. The van der Waals surface area contributed by atoms with Gasteiger partial charge in [0.15, 0.2) is 0 Å². The van der Waals surface area contributed by atoms with Crippen LogP contribution in [0.2, 0.25) is 0 Å². The topological polar surface area (TPSA) is 68.9 Å². The maximum atomic E-state index is 11.3. The largest absolute Gasteiger partial charge is 0.366 e. The van der Waals surface area contributed by atoms with Crippen molar-refractivity contribution in [1.82, 2.24) is 9.97 Å². The molecule has 1 amide bonds. The third-order valence-electron chi connectivity index (χ3n) is 2.56. The fourth-order valence-corrected chi connectivity index (χ4v) is 1.69. The van der Waals surface area contributed by atoms with Gasteiger partial charge in [-0.1, -0.05) is 24.8 Å². The van der Waals surface area contributed by atoms with Crippen LogP contribution in [0.15, 0.2) is 36.9 Å². The summed E-state index contributed by atoms with van der Waals surface area (Å²) in [4.78, 5) is 20.2. The van der Waals surface area contributed by atoms with Gasteiger partial charge in [-0.2, -0.15) is 0 Å². The fraction of sp³-hybridized carbons (Fsp3) is 0.0714. The molecule has 0 atom stereocenters. The van der Waals surface area contributed by atoms with E-state index in [1.165, 1.54) is 0 Å². The molecule has 1 aromatic heterocycles. The zero-order valence-electron chi connectivity index (χ0n) is 10.1. The van der Waals surface area contributed by atoms with Gasteiger partial charge in [0, 0.05) is 0 Å². The SMILES string of the molecule is C=C/C=C\c1nc2c(C(N)=O)cccc2nc1C. The summed E-state index contributed by atoms with van der Waals surface area (Å²) in [6, 6.07) is 5.20. The lowest BCUT2D eigenvalue weighted by molar-refractivity contribution is 0.100. The van der Waals surface area contributed by atoms with E-state index >= 15 is 0 Å². The third-order valence-corrected chi connectivity index (χ3v) is 2.56. The minimum atomic E-state index is -0.502. The quantitative estimate of drug-likeness (QED) is 0.835. The van der Waals surface area contributed by atoms with E-state index in [0.717, 1.165) is 5.69 Å². The first kappa shape index (κ1) is 12.0. The number of nitrogens with zero attached hydrogens (tertiary/aromatic N) is 2. The number of aryl methyl sites for hydroxylation is 1. The first-order valence-corrected chi connectivity index (χ1v) is 5.49. The minimum Gasteiger partial charge on any atom is -0.366 e. The van der Waals surface area contributed by atoms with E-state index in [0.29, 0.717) is 22.3 Å². The molecule has 0 spiro atoms. The smallest absolute Gasteiger partial charge is 0.250 e. The van der Waals surface area contributed by atoms with Gasteiger partial charge in [0.1, 0.15) is 5.52 Å². The highest BCUT2D eigenvalue weighted by atomic mass is 16.1. The fourth-order valence-electron chi connectivity index (χ4n) is 1.69. The molecule has 0 aliphatic rings. The molecule has 1 aromatic carbocycles. The molecule has 4 nitrogen and oxygen atoms in total. The van der Waals surface area contributed by atoms with Gasteiger partial charge in [0.2, 0.25) is 0 Å². The van der Waals surface area contributed by atoms with Gasteiger partial charge < -0.3 is 5.73 Å². The first-order valence-electron chi connectivity index (χ1n) is 5.49. The molecule has 2 rings (SSSR count). The predicted octanol–water partition coefficient (Wildman–Crippen LogP) is 2.24. The van der Waals surface area contributed by atoms with Crippen LogP contribution in [0.3, 0.4) is 0 Å². The van der Waals surface area contributed by atoms with E-state index in [1.807, 2.05) is 13.0 Å². The second-order valence-electron chi connectivity index (χ2n) is 3.83. The normalized spacial score (nSPS) is 10.9. The molecule has 0 unspecified atom stereocenters. The van der Waals surface area contributed by atoms with E-state index in [2.05, 4.69) is 16.5 Å². The Balaban J connectivity index is 2.74. The number of allylic oxidation sites excluding steroid dienone is 2. The van der Waals surface area contributed by atoms with Crippen LogP contribution in [0.1, 0.15) is 21.7 Å². The second-order valence-corrected chi connectivity index (χ2v) is 3.83. The number of hydrogen-bond acceptors (Lipinski definition) is 3. The molecule has 1 heterocycles. The van der Waals surface area contributed by atoms with Crippen molar-refractivity contribution >= 4 is 23.0 Å². The summed E-state index contributed by atoms with van der Waals surface area (Å²) in [6.45, 7) is 5.47. The molecule has 0 aliphatic carbocycles. The monoisotopic (exact) mass is 239 g/mol. The summed E-state index contributed by atoms with van der Waals surface area (Å²) in [5.74, 6) is -0.502. The van der Waals surface area contributed by atoms with E-state index in [9.17, 15) is 4.79 Å². The highest BCUT2D eigenvalue weighted by Crippen LogP contribution is 2.17. The standard InChI is InChI=1S/C14H13N3O/c1-3-4-7-11-9(2)16-12-8-5-6-10(14(15)18)13(12)17-11/h3-8H,1H2,2H3,(H2,15,18)/b7-4-. The highest BCUT2D eigenvalue weighted by Gasteiger charge is 2.10. The molecule has 0 radical (unpaired) electrons. The summed E-state index contributed by atoms with van der Waals surface area (Å²) in [7, 11) is 0. The van der Waals surface area contributed by atoms with Crippen LogP contribution in [0.5, 0.6) is 0 Å². The molecule has 0 saturated heterocycles. The lowest BCUT2D eigenvalue weighted by Gasteiger charge is -2.05. The van der Waals surface area contributed by atoms with Crippen molar-refractivity contribution in [2.24, 2.45) is 5.73 Å². The predicted molar refractivity (Wildman–Crippen MR) is 72.0 cm³/mol. The van der Waals surface area contributed by atoms with Crippen LogP contribution in [0.25, 0.3) is 17.1 Å². The Bertz CT molecular complexity index is 659. The Labute approximate surface area is 105 Å². The summed E-state index contributed by atoms with van der Waals surface area (Å²) < 4.78 is 0. The summed E-state index contributed by atoms with van der Waals surface area (Å²) in [5.41, 5.74) is 8.40. The molecule has 0 fully saturated rings. The van der Waals surface area contributed by atoms with Crippen molar-refractivity contribution in [2.75, 3.05) is 0 Å². The second kappa shape index (κ2) is 4.79. The minimum absolute atomic E-state index is 0.383. The Morgan fingerprint density at radius 1 is 1.39 bits per heavy atom. The van der Waals surface area contributed by atoms with Crippen LogP contribution in [0, 0.1) is 6.92 Å². The van der Waals surface area contributed by atoms with Crippen molar-refractivity contribution in [3.8, 4) is 0 Å². The van der Waals surface area contributed by atoms with Crippen molar-refractivity contribution in [3.05, 3.63) is 53.9 Å². The average Bonchev–Trinajstić information content (AvgIpc) is 2.35. The zero-order valence-corrected chi connectivity index (χ0v) is 10.1. The van der Waals surface area contributed by atoms with E-state index in [-0.39, 0.29) is 0 Å². The van der Waals surface area contributed by atoms with Crippen molar-refractivity contribution in [2.45, 2.75) is 6.92 Å². The molecule has 18 heavy (non-hydrogen) atoms. The van der Waals surface area contributed by atoms with Gasteiger partial charge in [0.05, 0.1) is 22.5 Å². The highest BCUT2D eigenvalue weighted by molar-refractivity contribution is 6.03. The Kier molecular flexibility index (Phi) is 3.19. The molecule has 0 saturated carbocycles. The number of amides is 1. The first-order chi connectivity index (χ1) is 8.63. The number of aromatic nitrogens is 2. The van der Waals surface area contributed by atoms with Crippen molar-refractivity contribution < 1.29 is 4.79 Å². The maximum Gasteiger partial charge on any atom is 0.250 e. The van der Waals surface area contributed by atoms with E-state index in [4.69, 9.17) is 5.73 Å². The number of primary amides is 1. The average molecular weight is 239 g/mol. The number of hydrogen-bond donors (Lipinski definition) is 1. The Morgan fingerprint density at radius 3 is 2.83 bits per heavy atom. The number of para-hydroxylation sites is 1. The molecular weight excluding hydrogens is 226 g/mol. The van der Waals surface area contributed by atoms with Crippen LogP contribution in [0.4, 0.5) is 0 Å². The van der Waals surface area contributed by atoms with E-state index in [1.54, 1.807) is 30.4 Å². The van der Waals surface area contributed by atoms with Crippen LogP contribution >= 0.6 is 0 Å².